The Bertz CT molecular complexity index is 1330. The van der Waals surface area contributed by atoms with E-state index in [9.17, 15) is 0 Å². The van der Waals surface area contributed by atoms with Crippen LogP contribution in [0.15, 0.2) is 18.2 Å². The van der Waals surface area contributed by atoms with Crippen LogP contribution in [0.1, 0.15) is 212 Å². The summed E-state index contributed by atoms with van der Waals surface area (Å²) in [7, 11) is 0. The van der Waals surface area contributed by atoms with Gasteiger partial charge in [-0.05, 0) is 226 Å². The molecule has 15 fully saturated rings. The van der Waals surface area contributed by atoms with Crippen molar-refractivity contribution in [1.29, 1.82) is 0 Å². The smallest absolute Gasteiger partial charge is 0.0414 e. The predicted molar refractivity (Wildman–Crippen MR) is 237 cm³/mol. The Morgan fingerprint density at radius 3 is 0.667 bits per heavy atom. The quantitative estimate of drug-likeness (QED) is 0.248. The van der Waals surface area contributed by atoms with Gasteiger partial charge in [-0.1, -0.05) is 57.8 Å². The lowest BCUT2D eigenvalue weighted by molar-refractivity contribution is -0.0104. The number of anilines is 3. The zero-order chi connectivity index (χ0) is 37.3. The molecule has 312 valence electrons. The zero-order valence-corrected chi connectivity index (χ0v) is 36.3. The van der Waals surface area contributed by atoms with Crippen LogP contribution in [0.2, 0.25) is 0 Å². The Morgan fingerprint density at radius 2 is 0.474 bits per heavy atom. The van der Waals surface area contributed by atoms with Gasteiger partial charge in [0.05, 0.1) is 0 Å². The molecule has 3 nitrogen and oxygen atoms in total. The number of benzene rings is 1. The summed E-state index contributed by atoms with van der Waals surface area (Å²) >= 11 is 0. The van der Waals surface area contributed by atoms with Crippen LogP contribution in [0.3, 0.4) is 0 Å². The molecule has 12 bridgehead atoms. The van der Waals surface area contributed by atoms with Crippen molar-refractivity contribution in [1.82, 2.24) is 0 Å². The summed E-state index contributed by atoms with van der Waals surface area (Å²) in [6.07, 6.45) is 49.5. The molecule has 16 rings (SSSR count). The van der Waals surface area contributed by atoms with Crippen LogP contribution in [0.4, 0.5) is 17.1 Å². The van der Waals surface area contributed by atoms with Gasteiger partial charge in [0, 0.05) is 51.8 Å². The van der Waals surface area contributed by atoms with Gasteiger partial charge in [-0.25, -0.2) is 0 Å². The first kappa shape index (κ1) is 36.3. The number of hydrogen-bond acceptors (Lipinski definition) is 3. The molecule has 15 saturated carbocycles. The molecule has 15 aliphatic carbocycles. The maximum Gasteiger partial charge on any atom is 0.0414 e. The van der Waals surface area contributed by atoms with Gasteiger partial charge in [-0.15, -0.1) is 0 Å². The summed E-state index contributed by atoms with van der Waals surface area (Å²) in [6, 6.07) is 11.2. The highest BCUT2D eigenvalue weighted by Crippen LogP contribution is 2.64. The van der Waals surface area contributed by atoms with Crippen molar-refractivity contribution in [2.75, 3.05) is 14.7 Å². The van der Waals surface area contributed by atoms with Crippen molar-refractivity contribution in [3.63, 3.8) is 0 Å². The number of rotatable bonds is 9. The van der Waals surface area contributed by atoms with Gasteiger partial charge >= 0.3 is 0 Å². The summed E-state index contributed by atoms with van der Waals surface area (Å²) in [5.41, 5.74) is 6.48. The van der Waals surface area contributed by atoms with Crippen molar-refractivity contribution in [2.24, 2.45) is 53.3 Å². The van der Waals surface area contributed by atoms with Gasteiger partial charge in [-0.2, -0.15) is 0 Å². The highest BCUT2D eigenvalue weighted by Gasteiger charge is 2.59. The lowest BCUT2D eigenvalue weighted by atomic mass is 9.52. The Balaban J connectivity index is 1.01. The average molecular weight is 772 g/mol. The molecular formula is C54H81N3. The standard InChI is InChI=1S/C54H81N3/c1-4-10-46(11-5-1)55(52-28-37-16-38(29-52)18-39(17-37)30-52)49-25-50(56(47-12-6-2-7-13-47)53-31-40-19-41(32-53)21-42(20-40)33-53)27-51(26-49)57(48-14-8-3-9-15-48)54-34-43-22-44(35-54)24-45(23-43)36-54/h25-27,37-48H,1-24,28-36H2. The van der Waals surface area contributed by atoms with E-state index in [0.717, 1.165) is 71.4 Å². The van der Waals surface area contributed by atoms with Crippen molar-refractivity contribution < 1.29 is 0 Å². The van der Waals surface area contributed by atoms with E-state index >= 15 is 0 Å². The monoisotopic (exact) mass is 772 g/mol. The van der Waals surface area contributed by atoms with E-state index in [2.05, 4.69) is 32.9 Å². The highest BCUT2D eigenvalue weighted by molar-refractivity contribution is 5.73. The fourth-order valence-corrected chi connectivity index (χ4v) is 20.7. The molecule has 0 atom stereocenters. The number of hydrogen-bond donors (Lipinski definition) is 0. The van der Waals surface area contributed by atoms with Crippen LogP contribution in [-0.2, 0) is 0 Å². The van der Waals surface area contributed by atoms with Gasteiger partial charge in [0.25, 0.3) is 0 Å². The van der Waals surface area contributed by atoms with Crippen molar-refractivity contribution in [3.05, 3.63) is 18.2 Å². The second-order valence-electron chi connectivity index (χ2n) is 25.1. The molecule has 15 aliphatic rings. The van der Waals surface area contributed by atoms with Crippen molar-refractivity contribution in [3.8, 4) is 0 Å². The molecule has 1 aromatic rings. The largest absolute Gasteiger partial charge is 0.363 e. The summed E-state index contributed by atoms with van der Waals surface area (Å²) < 4.78 is 0. The van der Waals surface area contributed by atoms with Crippen LogP contribution in [0.25, 0.3) is 0 Å². The Kier molecular flexibility index (Phi) is 8.80. The first-order valence-electron chi connectivity index (χ1n) is 26.5. The summed E-state index contributed by atoms with van der Waals surface area (Å²) in [5, 5.41) is 0. The summed E-state index contributed by atoms with van der Waals surface area (Å²) in [4.78, 5) is 10.0. The molecule has 0 aliphatic heterocycles. The third-order valence-corrected chi connectivity index (χ3v) is 21.1. The lowest BCUT2D eigenvalue weighted by Crippen LogP contribution is -2.64. The van der Waals surface area contributed by atoms with Gasteiger partial charge in [-0.3, -0.25) is 0 Å². The Hall–Kier alpha value is -1.38. The topological polar surface area (TPSA) is 9.72 Å². The van der Waals surface area contributed by atoms with E-state index < -0.39 is 0 Å². The van der Waals surface area contributed by atoms with Gasteiger partial charge in [0.2, 0.25) is 0 Å². The molecule has 3 heteroatoms. The second kappa shape index (κ2) is 13.8. The first-order valence-corrected chi connectivity index (χ1v) is 26.5. The second-order valence-corrected chi connectivity index (χ2v) is 25.1. The van der Waals surface area contributed by atoms with E-state index in [1.165, 1.54) is 154 Å². The first-order chi connectivity index (χ1) is 28.0. The molecule has 0 unspecified atom stereocenters. The van der Waals surface area contributed by atoms with Crippen molar-refractivity contribution in [2.45, 2.75) is 247 Å². The molecule has 0 heterocycles. The fourth-order valence-electron chi connectivity index (χ4n) is 20.7. The van der Waals surface area contributed by atoms with Gasteiger partial charge < -0.3 is 14.7 Å². The van der Waals surface area contributed by atoms with E-state index in [4.69, 9.17) is 0 Å². The van der Waals surface area contributed by atoms with Crippen LogP contribution in [0.5, 0.6) is 0 Å². The van der Waals surface area contributed by atoms with E-state index in [1.807, 2.05) is 0 Å². The lowest BCUT2D eigenvalue weighted by Gasteiger charge is -2.64. The minimum absolute atomic E-state index is 0.416. The molecule has 1 aromatic carbocycles. The predicted octanol–water partition coefficient (Wildman–Crippen LogP) is 14.0. The minimum atomic E-state index is 0.416. The summed E-state index contributed by atoms with van der Waals surface area (Å²) in [5.74, 6) is 9.01. The average Bonchev–Trinajstić information content (AvgIpc) is 3.18. The molecular weight excluding hydrogens is 691 g/mol. The van der Waals surface area contributed by atoms with E-state index in [1.54, 1.807) is 74.8 Å². The molecule has 0 spiro atoms. The Morgan fingerprint density at radius 1 is 0.281 bits per heavy atom. The molecule has 57 heavy (non-hydrogen) atoms. The summed E-state index contributed by atoms with van der Waals surface area (Å²) in [6.45, 7) is 0. The maximum absolute atomic E-state index is 3.35. The minimum Gasteiger partial charge on any atom is -0.363 e. The van der Waals surface area contributed by atoms with Crippen LogP contribution in [0, 0.1) is 53.3 Å². The maximum atomic E-state index is 3.35. The van der Waals surface area contributed by atoms with Crippen molar-refractivity contribution >= 4 is 17.1 Å². The molecule has 0 radical (unpaired) electrons. The molecule has 0 saturated heterocycles. The SMILES string of the molecule is c1c(N(C2CCCCC2)C23CC4CC(CC(C4)C2)C3)cc(N(C2CCCCC2)C23CC4CC(CC(C4)C2)C3)cc1N(C1CCCCC1)C12CC3CC(CC(C3)C1)C2. The highest BCUT2D eigenvalue weighted by atomic mass is 15.3. The van der Waals surface area contributed by atoms with Gasteiger partial charge in [0.15, 0.2) is 0 Å². The van der Waals surface area contributed by atoms with Crippen LogP contribution < -0.4 is 14.7 Å². The third-order valence-electron chi connectivity index (χ3n) is 21.1. The van der Waals surface area contributed by atoms with E-state index in [-0.39, 0.29) is 0 Å². The number of nitrogens with zero attached hydrogens (tertiary/aromatic N) is 3. The molecule has 0 amide bonds. The third kappa shape index (κ3) is 6.09. The molecule has 0 aromatic heterocycles. The fraction of sp³-hybridized carbons (Fsp3) is 0.889. The Labute approximate surface area is 348 Å². The van der Waals surface area contributed by atoms with Gasteiger partial charge in [0.1, 0.15) is 0 Å². The van der Waals surface area contributed by atoms with Crippen LogP contribution in [-0.4, -0.2) is 34.7 Å². The normalized spacial score (nSPS) is 46.2. The van der Waals surface area contributed by atoms with Crippen LogP contribution >= 0.6 is 0 Å². The van der Waals surface area contributed by atoms with E-state index in [0.29, 0.717) is 16.6 Å². The molecule has 0 N–H and O–H groups in total. The zero-order valence-electron chi connectivity index (χ0n) is 36.3.